The number of fused-ring (bicyclic) bond motifs is 6. The Bertz CT molecular complexity index is 3050. The SMILES string of the molecule is c1ccc(-c2ccc3c(c2)Sc2cc(-c4cccc5ccccc45)ccc2N3c2ccc(-c3ccc(-c4ccc5sc6ccccc6c5c4)cc3)cc2)cc1. The number of anilines is 3. The highest BCUT2D eigenvalue weighted by molar-refractivity contribution is 7.99. The van der Waals surface area contributed by atoms with E-state index in [1.165, 1.54) is 96.6 Å². The Kier molecular flexibility index (Phi) is 7.68. The third-order valence-electron chi connectivity index (χ3n) is 10.9. The van der Waals surface area contributed by atoms with Crippen LogP contribution in [0, 0.1) is 0 Å². The minimum atomic E-state index is 1.14. The van der Waals surface area contributed by atoms with E-state index in [-0.39, 0.29) is 0 Å². The lowest BCUT2D eigenvalue weighted by Gasteiger charge is -2.33. The second-order valence-corrected chi connectivity index (χ2v) is 16.3. The maximum Gasteiger partial charge on any atom is 0.0602 e. The standard InChI is InChI=1S/C52H33NS2/c1-2-9-34(10-3-1)40-23-28-47-51(32-40)55-52-33-41(44-15-8-12-38-11-4-5-13-43(38)44)24-29-48(52)53(47)42-26-21-36(22-27-42)35-17-19-37(20-18-35)39-25-30-50-46(31-39)45-14-6-7-16-49(45)54-50/h1-33H. The summed E-state index contributed by atoms with van der Waals surface area (Å²) in [4.78, 5) is 4.92. The fraction of sp³-hybridized carbons (Fsp3) is 0. The third kappa shape index (κ3) is 5.63. The van der Waals surface area contributed by atoms with Crippen molar-refractivity contribution >= 4 is 71.1 Å². The van der Waals surface area contributed by atoms with Gasteiger partial charge in [-0.2, -0.15) is 0 Å². The number of hydrogen-bond donors (Lipinski definition) is 0. The molecule has 1 aliphatic rings. The third-order valence-corrected chi connectivity index (χ3v) is 13.1. The van der Waals surface area contributed by atoms with Crippen LogP contribution in [-0.2, 0) is 0 Å². The zero-order valence-corrected chi connectivity index (χ0v) is 31.4. The summed E-state index contributed by atoms with van der Waals surface area (Å²) in [5.41, 5.74) is 13.4. The van der Waals surface area contributed by atoms with Crippen LogP contribution in [0.25, 0.3) is 75.5 Å². The molecule has 0 bridgehead atoms. The first-order valence-corrected chi connectivity index (χ1v) is 20.3. The van der Waals surface area contributed by atoms with Gasteiger partial charge in [0, 0.05) is 35.7 Å². The zero-order chi connectivity index (χ0) is 36.3. The first kappa shape index (κ1) is 32.1. The fourth-order valence-electron chi connectivity index (χ4n) is 8.11. The number of rotatable bonds is 5. The van der Waals surface area contributed by atoms with Crippen molar-refractivity contribution in [1.82, 2.24) is 0 Å². The highest BCUT2D eigenvalue weighted by Gasteiger charge is 2.26. The molecule has 3 heteroatoms. The van der Waals surface area contributed by atoms with E-state index in [0.29, 0.717) is 0 Å². The van der Waals surface area contributed by atoms with Gasteiger partial charge in [0.1, 0.15) is 0 Å². The molecule has 10 aromatic rings. The Morgan fingerprint density at radius 2 is 0.855 bits per heavy atom. The van der Waals surface area contributed by atoms with Crippen molar-refractivity contribution < 1.29 is 0 Å². The first-order valence-electron chi connectivity index (χ1n) is 18.7. The number of thiophene rings is 1. The topological polar surface area (TPSA) is 3.24 Å². The molecule has 0 fully saturated rings. The van der Waals surface area contributed by atoms with E-state index in [4.69, 9.17) is 0 Å². The molecule has 0 N–H and O–H groups in total. The van der Waals surface area contributed by atoms with Gasteiger partial charge in [0.15, 0.2) is 0 Å². The van der Waals surface area contributed by atoms with Gasteiger partial charge in [-0.25, -0.2) is 0 Å². The van der Waals surface area contributed by atoms with Crippen LogP contribution >= 0.6 is 23.1 Å². The maximum absolute atomic E-state index is 2.43. The molecule has 0 radical (unpaired) electrons. The zero-order valence-electron chi connectivity index (χ0n) is 29.8. The monoisotopic (exact) mass is 735 g/mol. The van der Waals surface area contributed by atoms with Gasteiger partial charge in [0.25, 0.3) is 0 Å². The summed E-state index contributed by atoms with van der Waals surface area (Å²) in [7, 11) is 0. The van der Waals surface area contributed by atoms with Crippen molar-refractivity contribution in [3.05, 3.63) is 200 Å². The van der Waals surface area contributed by atoms with E-state index in [0.717, 1.165) is 5.69 Å². The van der Waals surface area contributed by atoms with Crippen molar-refractivity contribution in [2.24, 2.45) is 0 Å². The maximum atomic E-state index is 2.43. The van der Waals surface area contributed by atoms with Crippen LogP contribution < -0.4 is 4.90 Å². The molecule has 0 saturated heterocycles. The van der Waals surface area contributed by atoms with Crippen molar-refractivity contribution in [2.45, 2.75) is 9.79 Å². The van der Waals surface area contributed by atoms with Crippen LogP contribution in [0.1, 0.15) is 0 Å². The van der Waals surface area contributed by atoms with Crippen LogP contribution in [0.3, 0.4) is 0 Å². The van der Waals surface area contributed by atoms with Crippen LogP contribution in [0.2, 0.25) is 0 Å². The van der Waals surface area contributed by atoms with Gasteiger partial charge >= 0.3 is 0 Å². The molecular weight excluding hydrogens is 703 g/mol. The van der Waals surface area contributed by atoms with E-state index in [2.05, 4.69) is 205 Å². The van der Waals surface area contributed by atoms with E-state index in [9.17, 15) is 0 Å². The minimum absolute atomic E-state index is 1.14. The molecule has 9 aromatic carbocycles. The highest BCUT2D eigenvalue weighted by Crippen LogP contribution is 2.53. The van der Waals surface area contributed by atoms with E-state index < -0.39 is 0 Å². The first-order chi connectivity index (χ1) is 27.2. The smallest absolute Gasteiger partial charge is 0.0602 e. The summed E-state index contributed by atoms with van der Waals surface area (Å²) >= 11 is 3.73. The number of hydrogen-bond acceptors (Lipinski definition) is 3. The van der Waals surface area contributed by atoms with Crippen LogP contribution in [0.5, 0.6) is 0 Å². The predicted octanol–water partition coefficient (Wildman–Crippen LogP) is 15.8. The van der Waals surface area contributed by atoms with Crippen LogP contribution in [-0.4, -0.2) is 0 Å². The van der Waals surface area contributed by atoms with Crippen LogP contribution in [0.4, 0.5) is 17.1 Å². The Balaban J connectivity index is 0.954. The molecule has 55 heavy (non-hydrogen) atoms. The summed E-state index contributed by atoms with van der Waals surface area (Å²) < 4.78 is 2.67. The van der Waals surface area contributed by atoms with Crippen molar-refractivity contribution in [3.63, 3.8) is 0 Å². The summed E-state index contributed by atoms with van der Waals surface area (Å²) in [6, 6.07) is 73.5. The largest absolute Gasteiger partial charge is 0.308 e. The molecule has 258 valence electrons. The molecule has 1 aliphatic heterocycles. The van der Waals surface area contributed by atoms with Crippen molar-refractivity contribution in [1.29, 1.82) is 0 Å². The average molecular weight is 736 g/mol. The summed E-state index contributed by atoms with van der Waals surface area (Å²) in [5, 5.41) is 5.20. The molecule has 0 saturated carbocycles. The Labute approximate surface area is 328 Å². The molecule has 11 rings (SSSR count). The molecule has 0 spiro atoms. The summed E-state index contributed by atoms with van der Waals surface area (Å²) in [5.74, 6) is 0. The second kappa shape index (κ2) is 13.2. The fourth-order valence-corrected chi connectivity index (χ4v) is 10.3. The lowest BCUT2D eigenvalue weighted by atomic mass is 9.97. The van der Waals surface area contributed by atoms with E-state index in [1.807, 2.05) is 23.1 Å². The van der Waals surface area contributed by atoms with Gasteiger partial charge in [-0.3, -0.25) is 0 Å². The Hall–Kier alpha value is -6.39. The van der Waals surface area contributed by atoms with E-state index >= 15 is 0 Å². The summed E-state index contributed by atoms with van der Waals surface area (Å²) in [6.07, 6.45) is 0. The molecule has 0 unspecified atom stereocenters. The van der Waals surface area contributed by atoms with Crippen molar-refractivity contribution in [3.8, 4) is 44.5 Å². The lowest BCUT2D eigenvalue weighted by molar-refractivity contribution is 1.17. The highest BCUT2D eigenvalue weighted by atomic mass is 32.2. The molecule has 1 aromatic heterocycles. The number of nitrogens with zero attached hydrogens (tertiary/aromatic N) is 1. The molecule has 0 amide bonds. The molecule has 0 atom stereocenters. The van der Waals surface area contributed by atoms with Gasteiger partial charge in [-0.1, -0.05) is 157 Å². The molecule has 1 nitrogen and oxygen atoms in total. The average Bonchev–Trinajstić information content (AvgIpc) is 3.63. The molecule has 0 aliphatic carbocycles. The summed E-state index contributed by atoms with van der Waals surface area (Å²) in [6.45, 7) is 0. The minimum Gasteiger partial charge on any atom is -0.308 e. The van der Waals surface area contributed by atoms with Gasteiger partial charge in [0.05, 0.1) is 11.4 Å². The normalized spacial score (nSPS) is 12.3. The Morgan fingerprint density at radius 1 is 0.327 bits per heavy atom. The van der Waals surface area contributed by atoms with Gasteiger partial charge < -0.3 is 4.90 Å². The molecule has 2 heterocycles. The van der Waals surface area contributed by atoms with Crippen LogP contribution in [0.15, 0.2) is 210 Å². The van der Waals surface area contributed by atoms with Gasteiger partial charge in [-0.15, -0.1) is 11.3 Å². The Morgan fingerprint density at radius 3 is 1.64 bits per heavy atom. The van der Waals surface area contributed by atoms with Gasteiger partial charge in [0.2, 0.25) is 0 Å². The van der Waals surface area contributed by atoms with Crippen molar-refractivity contribution in [2.75, 3.05) is 4.90 Å². The lowest BCUT2D eigenvalue weighted by Crippen LogP contribution is -2.15. The van der Waals surface area contributed by atoms with E-state index in [1.54, 1.807) is 0 Å². The number of benzene rings is 9. The predicted molar refractivity (Wildman–Crippen MR) is 237 cm³/mol. The molecular formula is C52H33NS2. The van der Waals surface area contributed by atoms with Gasteiger partial charge in [-0.05, 0) is 110 Å². The second-order valence-electron chi connectivity index (χ2n) is 14.1. The quantitative estimate of drug-likeness (QED) is 0.173.